The summed E-state index contributed by atoms with van der Waals surface area (Å²) < 4.78 is 42.6. The third-order valence-corrected chi connectivity index (χ3v) is 2.57. The number of aromatic amines is 1. The summed E-state index contributed by atoms with van der Waals surface area (Å²) in [5, 5.41) is 1.96. The zero-order valence-electron chi connectivity index (χ0n) is 10.2. The van der Waals surface area contributed by atoms with Crippen molar-refractivity contribution in [1.29, 1.82) is 0 Å². The number of nitrogens with one attached hydrogen (secondary N) is 1. The lowest BCUT2D eigenvalue weighted by Crippen LogP contribution is -2.14. The second-order valence-electron chi connectivity index (χ2n) is 3.88. The Morgan fingerprint density at radius 1 is 1.25 bits per heavy atom. The highest BCUT2D eigenvalue weighted by Gasteiger charge is 2.33. The zero-order chi connectivity index (χ0) is 14.9. The number of aromatic nitrogens is 2. The fourth-order valence-corrected chi connectivity index (χ4v) is 1.60. The van der Waals surface area contributed by atoms with E-state index in [1.807, 2.05) is 5.10 Å². The first-order valence-electron chi connectivity index (χ1n) is 5.41. The lowest BCUT2D eigenvalue weighted by Gasteiger charge is -2.05. The molecule has 2 rings (SSSR count). The van der Waals surface area contributed by atoms with Gasteiger partial charge in [-0.05, 0) is 24.3 Å². The van der Waals surface area contributed by atoms with Crippen LogP contribution in [0.15, 0.2) is 35.1 Å². The maximum absolute atomic E-state index is 12.5. The van der Waals surface area contributed by atoms with Crippen molar-refractivity contribution in [2.75, 3.05) is 7.11 Å². The molecule has 8 heteroatoms. The van der Waals surface area contributed by atoms with Gasteiger partial charge in [0.25, 0.3) is 5.56 Å². The molecule has 0 atom stereocenters. The van der Waals surface area contributed by atoms with Crippen molar-refractivity contribution in [3.05, 3.63) is 51.9 Å². The van der Waals surface area contributed by atoms with Gasteiger partial charge in [-0.25, -0.2) is 9.48 Å². The van der Waals surface area contributed by atoms with Gasteiger partial charge in [0.15, 0.2) is 0 Å². The second-order valence-corrected chi connectivity index (χ2v) is 3.88. The van der Waals surface area contributed by atoms with Crippen molar-refractivity contribution < 1.29 is 22.7 Å². The van der Waals surface area contributed by atoms with Gasteiger partial charge in [-0.1, -0.05) is 0 Å². The molecule has 0 saturated carbocycles. The van der Waals surface area contributed by atoms with Gasteiger partial charge in [0.2, 0.25) is 0 Å². The van der Waals surface area contributed by atoms with E-state index < -0.39 is 23.4 Å². The Morgan fingerprint density at radius 3 is 2.30 bits per heavy atom. The number of hydrogen-bond donors (Lipinski definition) is 1. The van der Waals surface area contributed by atoms with Crippen LogP contribution in [0.4, 0.5) is 13.2 Å². The van der Waals surface area contributed by atoms with Crippen molar-refractivity contribution in [2.24, 2.45) is 0 Å². The molecule has 0 bridgehead atoms. The summed E-state index contributed by atoms with van der Waals surface area (Å²) >= 11 is 0. The fraction of sp³-hybridized carbons (Fsp3) is 0.167. The first kappa shape index (κ1) is 13.9. The fourth-order valence-electron chi connectivity index (χ4n) is 1.60. The van der Waals surface area contributed by atoms with Crippen LogP contribution >= 0.6 is 0 Å². The van der Waals surface area contributed by atoms with E-state index >= 15 is 0 Å². The van der Waals surface area contributed by atoms with Crippen LogP contribution in [0, 0.1) is 0 Å². The molecule has 0 unspecified atom stereocenters. The first-order valence-corrected chi connectivity index (χ1v) is 5.41. The number of benzene rings is 1. The van der Waals surface area contributed by atoms with Crippen LogP contribution in [0.25, 0.3) is 5.69 Å². The number of carbonyl (C=O) groups excluding carboxylic acids is 1. The number of H-pyrrole nitrogens is 1. The maximum atomic E-state index is 12.5. The summed E-state index contributed by atoms with van der Waals surface area (Å²) in [6.07, 6.45) is -4.63. The monoisotopic (exact) mass is 286 g/mol. The molecule has 0 aliphatic heterocycles. The van der Waals surface area contributed by atoms with Gasteiger partial charge >= 0.3 is 12.1 Å². The summed E-state index contributed by atoms with van der Waals surface area (Å²) in [6, 6.07) is 5.84. The zero-order valence-corrected chi connectivity index (χ0v) is 10.2. The number of alkyl halides is 3. The van der Waals surface area contributed by atoms with Crippen LogP contribution in [-0.2, 0) is 10.9 Å². The number of carbonyl (C=O) groups is 1. The Labute approximate surface area is 110 Å². The lowest BCUT2D eigenvalue weighted by atomic mass is 10.2. The smallest absolute Gasteiger partial charge is 0.432 e. The molecule has 0 spiro atoms. The minimum absolute atomic E-state index is 0.179. The first-order chi connectivity index (χ1) is 9.32. The summed E-state index contributed by atoms with van der Waals surface area (Å²) in [4.78, 5) is 22.7. The lowest BCUT2D eigenvalue weighted by molar-refractivity contribution is -0.141. The molecular weight excluding hydrogens is 277 g/mol. The molecule has 1 aromatic heterocycles. The summed E-state index contributed by atoms with van der Waals surface area (Å²) in [7, 11) is 1.21. The molecule has 0 saturated heterocycles. The highest BCUT2D eigenvalue weighted by atomic mass is 19.4. The van der Waals surface area contributed by atoms with E-state index in [-0.39, 0.29) is 11.3 Å². The third kappa shape index (κ3) is 2.58. The third-order valence-electron chi connectivity index (χ3n) is 2.57. The van der Waals surface area contributed by atoms with Crippen LogP contribution in [0.2, 0.25) is 0 Å². The van der Waals surface area contributed by atoms with Gasteiger partial charge in [-0.3, -0.25) is 9.89 Å². The maximum Gasteiger partial charge on any atom is 0.432 e. The van der Waals surface area contributed by atoms with Gasteiger partial charge in [-0.2, -0.15) is 13.2 Å². The van der Waals surface area contributed by atoms with E-state index in [0.29, 0.717) is 6.07 Å². The molecule has 1 aromatic carbocycles. The highest BCUT2D eigenvalue weighted by Crippen LogP contribution is 2.26. The number of hydrogen-bond acceptors (Lipinski definition) is 3. The van der Waals surface area contributed by atoms with Gasteiger partial charge < -0.3 is 4.74 Å². The highest BCUT2D eigenvalue weighted by molar-refractivity contribution is 5.89. The minimum Gasteiger partial charge on any atom is -0.465 e. The molecule has 106 valence electrons. The Kier molecular flexibility index (Phi) is 3.39. The van der Waals surface area contributed by atoms with Gasteiger partial charge in [-0.15, -0.1) is 0 Å². The Balaban J connectivity index is 2.40. The Hall–Kier alpha value is -2.51. The molecule has 0 amide bonds. The van der Waals surface area contributed by atoms with E-state index in [4.69, 9.17) is 0 Å². The molecular formula is C12H9F3N2O3. The van der Waals surface area contributed by atoms with Crippen LogP contribution in [0.3, 0.4) is 0 Å². The average molecular weight is 286 g/mol. The van der Waals surface area contributed by atoms with Crippen LogP contribution in [0.5, 0.6) is 0 Å². The van der Waals surface area contributed by atoms with Crippen molar-refractivity contribution in [3.8, 4) is 5.69 Å². The van der Waals surface area contributed by atoms with Gasteiger partial charge in [0, 0.05) is 6.07 Å². The van der Waals surface area contributed by atoms with Gasteiger partial charge in [0.05, 0.1) is 18.4 Å². The number of rotatable bonds is 2. The molecule has 2 aromatic rings. The van der Waals surface area contributed by atoms with E-state index in [0.717, 1.165) is 4.68 Å². The Morgan fingerprint density at radius 2 is 1.85 bits per heavy atom. The summed E-state index contributed by atoms with van der Waals surface area (Å²) in [5.74, 6) is -0.577. The largest absolute Gasteiger partial charge is 0.465 e. The Bertz CT molecular complexity index is 683. The molecule has 1 heterocycles. The van der Waals surface area contributed by atoms with Crippen molar-refractivity contribution in [3.63, 3.8) is 0 Å². The number of esters is 1. The average Bonchev–Trinajstić information content (AvgIpc) is 2.80. The summed E-state index contributed by atoms with van der Waals surface area (Å²) in [6.45, 7) is 0. The van der Waals surface area contributed by atoms with Crippen LogP contribution < -0.4 is 5.56 Å². The normalized spacial score (nSPS) is 11.4. The van der Waals surface area contributed by atoms with E-state index in [9.17, 15) is 22.8 Å². The van der Waals surface area contributed by atoms with Crippen molar-refractivity contribution in [1.82, 2.24) is 9.78 Å². The molecule has 0 fully saturated rings. The molecule has 0 aliphatic carbocycles. The number of nitrogens with zero attached hydrogens (tertiary/aromatic N) is 1. The predicted molar refractivity (Wildman–Crippen MR) is 62.7 cm³/mol. The molecule has 0 aliphatic rings. The molecule has 20 heavy (non-hydrogen) atoms. The molecule has 1 N–H and O–H groups in total. The van der Waals surface area contributed by atoms with E-state index in [2.05, 4.69) is 4.74 Å². The molecule has 0 radical (unpaired) electrons. The molecule has 5 nitrogen and oxygen atoms in total. The second kappa shape index (κ2) is 4.87. The minimum atomic E-state index is -4.63. The van der Waals surface area contributed by atoms with Crippen molar-refractivity contribution in [2.45, 2.75) is 6.18 Å². The SMILES string of the molecule is COC(=O)c1ccc(-n2[nH]c(C(F)(F)F)cc2=O)cc1. The topological polar surface area (TPSA) is 64.1 Å². The number of ether oxygens (including phenoxy) is 1. The standard InChI is InChI=1S/C12H9F3N2O3/c1-20-11(19)7-2-4-8(5-3-7)17-10(18)6-9(16-17)12(13,14)15/h2-6,16H,1H3. The van der Waals surface area contributed by atoms with E-state index in [1.165, 1.54) is 31.4 Å². The number of methoxy groups -OCH3 is 1. The summed E-state index contributed by atoms with van der Waals surface area (Å²) in [5.41, 5.74) is -1.58. The predicted octanol–water partition coefficient (Wildman–Crippen LogP) is 1.97. The van der Waals surface area contributed by atoms with Crippen LogP contribution in [0.1, 0.15) is 16.1 Å². The van der Waals surface area contributed by atoms with Crippen molar-refractivity contribution >= 4 is 5.97 Å². The van der Waals surface area contributed by atoms with Crippen LogP contribution in [-0.4, -0.2) is 22.9 Å². The quantitative estimate of drug-likeness (QED) is 0.858. The number of halogens is 3. The van der Waals surface area contributed by atoms with E-state index in [1.54, 1.807) is 0 Å². The van der Waals surface area contributed by atoms with Gasteiger partial charge in [0.1, 0.15) is 5.69 Å².